The molecule has 0 radical (unpaired) electrons. The predicted octanol–water partition coefficient (Wildman–Crippen LogP) is 3.67. The Bertz CT molecular complexity index is 851. The molecular weight excluding hydrogens is 254 g/mol. The monoisotopic (exact) mass is 265 g/mol. The number of anilines is 1. The zero-order valence-electron chi connectivity index (χ0n) is 10.5. The number of nitro benzene ring substituents is 1. The summed E-state index contributed by atoms with van der Waals surface area (Å²) in [6.45, 7) is 0.674. The molecule has 0 unspecified atom stereocenters. The Balaban J connectivity index is 2.02. The van der Waals surface area contributed by atoms with E-state index in [0.717, 1.165) is 33.4 Å². The molecule has 5 heteroatoms. The Kier molecular flexibility index (Phi) is 2.12. The molecule has 0 saturated carbocycles. The number of hydrogen-bond donors (Lipinski definition) is 2. The number of aromatic nitrogens is 1. The first-order chi connectivity index (χ1) is 9.74. The van der Waals surface area contributed by atoms with Gasteiger partial charge in [-0.2, -0.15) is 0 Å². The van der Waals surface area contributed by atoms with Crippen LogP contribution in [-0.2, 0) is 6.54 Å². The van der Waals surface area contributed by atoms with Gasteiger partial charge in [-0.05, 0) is 12.1 Å². The van der Waals surface area contributed by atoms with Crippen LogP contribution < -0.4 is 5.32 Å². The Morgan fingerprint density at radius 2 is 2.00 bits per heavy atom. The zero-order valence-corrected chi connectivity index (χ0v) is 10.5. The van der Waals surface area contributed by atoms with Gasteiger partial charge in [0.15, 0.2) is 0 Å². The Labute approximate surface area is 114 Å². The van der Waals surface area contributed by atoms with Gasteiger partial charge in [-0.3, -0.25) is 10.1 Å². The number of hydrogen-bond acceptors (Lipinski definition) is 3. The van der Waals surface area contributed by atoms with Crippen LogP contribution in [0.2, 0.25) is 0 Å². The number of rotatable bonds is 1. The summed E-state index contributed by atoms with van der Waals surface area (Å²) in [5, 5.41) is 15.2. The van der Waals surface area contributed by atoms with Gasteiger partial charge in [-0.1, -0.05) is 18.2 Å². The van der Waals surface area contributed by atoms with Crippen molar-refractivity contribution in [3.05, 3.63) is 58.1 Å². The second-order valence-corrected chi connectivity index (χ2v) is 4.86. The number of nitro groups is 1. The first-order valence-electron chi connectivity index (χ1n) is 6.36. The molecule has 0 saturated heterocycles. The number of aromatic amines is 1. The summed E-state index contributed by atoms with van der Waals surface area (Å²) in [5.41, 5.74) is 5.38. The van der Waals surface area contributed by atoms with Crippen molar-refractivity contribution in [2.75, 3.05) is 5.32 Å². The second-order valence-electron chi connectivity index (χ2n) is 4.86. The van der Waals surface area contributed by atoms with E-state index in [0.29, 0.717) is 6.54 Å². The molecule has 2 aromatic carbocycles. The van der Waals surface area contributed by atoms with Crippen molar-refractivity contribution in [1.29, 1.82) is 0 Å². The fraction of sp³-hybridized carbons (Fsp3) is 0.0667. The first kappa shape index (κ1) is 11.0. The van der Waals surface area contributed by atoms with Crippen LogP contribution in [0.25, 0.3) is 22.2 Å². The van der Waals surface area contributed by atoms with Gasteiger partial charge in [0.1, 0.15) is 0 Å². The van der Waals surface area contributed by atoms with Crippen LogP contribution in [0.5, 0.6) is 0 Å². The molecule has 20 heavy (non-hydrogen) atoms. The minimum Gasteiger partial charge on any atom is -0.380 e. The summed E-state index contributed by atoms with van der Waals surface area (Å²) >= 11 is 0. The van der Waals surface area contributed by atoms with Crippen molar-refractivity contribution in [2.24, 2.45) is 0 Å². The standard InChI is InChI=1S/C15H11N3O2/c19-18(20)9-5-6-14-11(7-9)12-8-16-13-4-2-1-3-10(13)15(12)17-14/h1-7,16-17H,8H2. The number of H-pyrrole nitrogens is 1. The van der Waals surface area contributed by atoms with E-state index in [1.807, 2.05) is 24.3 Å². The molecule has 4 rings (SSSR count). The molecule has 0 atom stereocenters. The number of non-ortho nitro benzene ring substituents is 1. The smallest absolute Gasteiger partial charge is 0.270 e. The van der Waals surface area contributed by atoms with E-state index in [1.165, 1.54) is 6.07 Å². The lowest BCUT2D eigenvalue weighted by Gasteiger charge is -2.18. The number of fused-ring (bicyclic) bond motifs is 5. The molecular formula is C15H11N3O2. The maximum Gasteiger partial charge on any atom is 0.270 e. The third-order valence-electron chi connectivity index (χ3n) is 3.75. The number of para-hydroxylation sites is 1. The summed E-state index contributed by atoms with van der Waals surface area (Å²) in [6.07, 6.45) is 0. The lowest BCUT2D eigenvalue weighted by atomic mass is 10.00. The van der Waals surface area contributed by atoms with Crippen molar-refractivity contribution in [3.63, 3.8) is 0 Å². The van der Waals surface area contributed by atoms with Crippen LogP contribution in [0.4, 0.5) is 11.4 Å². The molecule has 0 fully saturated rings. The molecule has 1 aliphatic heterocycles. The normalized spacial score (nSPS) is 12.6. The molecule has 2 heterocycles. The summed E-state index contributed by atoms with van der Waals surface area (Å²) in [7, 11) is 0. The summed E-state index contributed by atoms with van der Waals surface area (Å²) in [5.74, 6) is 0. The fourth-order valence-corrected chi connectivity index (χ4v) is 2.80. The average molecular weight is 265 g/mol. The van der Waals surface area contributed by atoms with Crippen molar-refractivity contribution in [2.45, 2.75) is 6.54 Å². The Hall–Kier alpha value is -2.82. The van der Waals surface area contributed by atoms with E-state index in [1.54, 1.807) is 12.1 Å². The number of nitrogens with one attached hydrogen (secondary N) is 2. The van der Waals surface area contributed by atoms with Crippen LogP contribution in [0.3, 0.4) is 0 Å². The van der Waals surface area contributed by atoms with Crippen LogP contribution in [0.15, 0.2) is 42.5 Å². The highest BCUT2D eigenvalue weighted by Gasteiger charge is 2.21. The zero-order chi connectivity index (χ0) is 13.7. The quantitative estimate of drug-likeness (QED) is 0.521. The summed E-state index contributed by atoms with van der Waals surface area (Å²) in [6, 6.07) is 13.0. The van der Waals surface area contributed by atoms with Crippen LogP contribution in [0, 0.1) is 10.1 Å². The minimum atomic E-state index is -0.358. The van der Waals surface area contributed by atoms with Crippen LogP contribution in [-0.4, -0.2) is 9.91 Å². The van der Waals surface area contributed by atoms with Gasteiger partial charge in [0.05, 0.1) is 10.6 Å². The maximum absolute atomic E-state index is 10.9. The lowest BCUT2D eigenvalue weighted by Crippen LogP contribution is -2.07. The van der Waals surface area contributed by atoms with Crippen molar-refractivity contribution >= 4 is 22.3 Å². The average Bonchev–Trinajstić information content (AvgIpc) is 2.85. The molecule has 2 N–H and O–H groups in total. The molecule has 0 spiro atoms. The maximum atomic E-state index is 10.9. The molecule has 1 aromatic heterocycles. The van der Waals surface area contributed by atoms with Crippen LogP contribution >= 0.6 is 0 Å². The number of benzene rings is 2. The molecule has 98 valence electrons. The molecule has 5 nitrogen and oxygen atoms in total. The SMILES string of the molecule is O=[N+]([O-])c1ccc2[nH]c3c(c2c1)CNc1ccccc1-3. The highest BCUT2D eigenvalue weighted by atomic mass is 16.6. The third kappa shape index (κ3) is 1.43. The highest BCUT2D eigenvalue weighted by molar-refractivity contribution is 5.96. The summed E-state index contributed by atoms with van der Waals surface area (Å²) in [4.78, 5) is 13.9. The number of nitrogens with zero attached hydrogens (tertiary/aromatic N) is 1. The Morgan fingerprint density at radius 1 is 1.15 bits per heavy atom. The molecule has 0 aliphatic carbocycles. The van der Waals surface area contributed by atoms with Crippen molar-refractivity contribution < 1.29 is 4.92 Å². The van der Waals surface area contributed by atoms with Crippen LogP contribution in [0.1, 0.15) is 5.56 Å². The van der Waals surface area contributed by atoms with Gasteiger partial charge >= 0.3 is 0 Å². The van der Waals surface area contributed by atoms with Gasteiger partial charge in [0.2, 0.25) is 0 Å². The van der Waals surface area contributed by atoms with Crippen molar-refractivity contribution in [3.8, 4) is 11.3 Å². The predicted molar refractivity (Wildman–Crippen MR) is 77.7 cm³/mol. The van der Waals surface area contributed by atoms with E-state index in [9.17, 15) is 10.1 Å². The van der Waals surface area contributed by atoms with E-state index in [-0.39, 0.29) is 10.6 Å². The minimum absolute atomic E-state index is 0.123. The van der Waals surface area contributed by atoms with Gasteiger partial charge in [0, 0.05) is 46.4 Å². The molecule has 0 bridgehead atoms. The largest absolute Gasteiger partial charge is 0.380 e. The van der Waals surface area contributed by atoms with E-state index < -0.39 is 0 Å². The van der Waals surface area contributed by atoms with E-state index >= 15 is 0 Å². The topological polar surface area (TPSA) is 71.0 Å². The highest BCUT2D eigenvalue weighted by Crippen LogP contribution is 2.39. The first-order valence-corrected chi connectivity index (χ1v) is 6.36. The molecule has 3 aromatic rings. The third-order valence-corrected chi connectivity index (χ3v) is 3.75. The molecule has 1 aliphatic rings. The molecule has 0 amide bonds. The summed E-state index contributed by atoms with van der Waals surface area (Å²) < 4.78 is 0. The lowest BCUT2D eigenvalue weighted by molar-refractivity contribution is -0.384. The Morgan fingerprint density at radius 3 is 2.85 bits per heavy atom. The van der Waals surface area contributed by atoms with Crippen molar-refractivity contribution in [1.82, 2.24) is 4.98 Å². The van der Waals surface area contributed by atoms with E-state index in [2.05, 4.69) is 10.3 Å². The van der Waals surface area contributed by atoms with E-state index in [4.69, 9.17) is 0 Å². The van der Waals surface area contributed by atoms with Gasteiger partial charge in [0.25, 0.3) is 5.69 Å². The van der Waals surface area contributed by atoms with Gasteiger partial charge < -0.3 is 10.3 Å². The van der Waals surface area contributed by atoms with Gasteiger partial charge in [-0.15, -0.1) is 0 Å². The fourth-order valence-electron chi connectivity index (χ4n) is 2.80. The van der Waals surface area contributed by atoms with Gasteiger partial charge in [-0.25, -0.2) is 0 Å². The second kappa shape index (κ2) is 3.84.